The van der Waals surface area contributed by atoms with Gasteiger partial charge in [-0.1, -0.05) is 201 Å². The van der Waals surface area contributed by atoms with Crippen LogP contribution in [0.2, 0.25) is 0 Å². The molecule has 0 aliphatic heterocycles. The Kier molecular flexibility index (Phi) is 47.5. The molecule has 0 aliphatic carbocycles. The molecule has 0 saturated carbocycles. The molecule has 0 aromatic heterocycles. The van der Waals surface area contributed by atoms with Gasteiger partial charge in [0.2, 0.25) is 0 Å². The largest absolute Gasteiger partial charge is 0.462 e. The number of unbranched alkanes of at least 4 members (excludes halogenated alkanes) is 17. The quantitative estimate of drug-likeness (QED) is 0.0199. The zero-order chi connectivity index (χ0) is 45.8. The lowest BCUT2D eigenvalue weighted by Crippen LogP contribution is -2.30. The minimum atomic E-state index is -0.801. The van der Waals surface area contributed by atoms with Crippen molar-refractivity contribution in [1.29, 1.82) is 0 Å². The molecule has 0 spiro atoms. The van der Waals surface area contributed by atoms with Crippen LogP contribution in [0.15, 0.2) is 109 Å². The summed E-state index contributed by atoms with van der Waals surface area (Å²) >= 11 is 0. The molecule has 0 saturated heterocycles. The summed E-state index contributed by atoms with van der Waals surface area (Å²) in [4.78, 5) is 38.0. The van der Waals surface area contributed by atoms with Crippen LogP contribution in [-0.4, -0.2) is 37.2 Å². The lowest BCUT2D eigenvalue weighted by Gasteiger charge is -2.18. The van der Waals surface area contributed by atoms with E-state index in [-0.39, 0.29) is 31.1 Å². The summed E-state index contributed by atoms with van der Waals surface area (Å²) in [6.07, 6.45) is 67.8. The third-order valence-electron chi connectivity index (χ3n) is 10.3. The molecule has 0 rings (SSSR count). The molecule has 0 heterocycles. The van der Waals surface area contributed by atoms with Crippen molar-refractivity contribution in [2.45, 2.75) is 219 Å². The smallest absolute Gasteiger partial charge is 0.306 e. The highest BCUT2D eigenvalue weighted by Crippen LogP contribution is 2.13. The third-order valence-corrected chi connectivity index (χ3v) is 10.3. The highest BCUT2D eigenvalue weighted by Gasteiger charge is 2.19. The summed E-state index contributed by atoms with van der Waals surface area (Å²) < 4.78 is 16.8. The van der Waals surface area contributed by atoms with Crippen LogP contribution in [-0.2, 0) is 28.6 Å². The lowest BCUT2D eigenvalue weighted by atomic mass is 10.1. The monoisotopic (exact) mass is 873 g/mol. The highest BCUT2D eigenvalue weighted by atomic mass is 16.6. The van der Waals surface area contributed by atoms with Gasteiger partial charge in [-0.3, -0.25) is 14.4 Å². The molecule has 1 unspecified atom stereocenters. The molecule has 0 amide bonds. The lowest BCUT2D eigenvalue weighted by molar-refractivity contribution is -0.167. The Morgan fingerprint density at radius 1 is 0.333 bits per heavy atom. The molecule has 0 bridgehead atoms. The summed E-state index contributed by atoms with van der Waals surface area (Å²) in [5, 5.41) is 0. The van der Waals surface area contributed by atoms with Gasteiger partial charge in [-0.2, -0.15) is 0 Å². The van der Waals surface area contributed by atoms with Crippen molar-refractivity contribution in [3.63, 3.8) is 0 Å². The summed E-state index contributed by atoms with van der Waals surface area (Å²) in [6, 6.07) is 0. The SMILES string of the molecule is CC\C=C/C=C\C=C/CCCCCCCC(=O)OCC(COC(=O)CCCCCCCC/C=C\C/C=C\C/C=C\CC)OC(=O)CCCCCCCC/C=C\C/C=C\C/C=C\CC. The Labute approximate surface area is 387 Å². The second kappa shape index (κ2) is 50.7. The van der Waals surface area contributed by atoms with Gasteiger partial charge in [0.25, 0.3) is 0 Å². The van der Waals surface area contributed by atoms with E-state index in [1.165, 1.54) is 25.7 Å². The fourth-order valence-electron chi connectivity index (χ4n) is 6.59. The Morgan fingerprint density at radius 3 is 1.06 bits per heavy atom. The van der Waals surface area contributed by atoms with Gasteiger partial charge in [0.15, 0.2) is 6.10 Å². The number of hydrogen-bond acceptors (Lipinski definition) is 6. The van der Waals surface area contributed by atoms with E-state index in [0.717, 1.165) is 148 Å². The van der Waals surface area contributed by atoms with E-state index in [1.807, 2.05) is 0 Å². The number of carbonyl (C=O) groups excluding carboxylic acids is 3. The van der Waals surface area contributed by atoms with Gasteiger partial charge in [-0.15, -0.1) is 0 Å². The van der Waals surface area contributed by atoms with Crippen LogP contribution in [0.3, 0.4) is 0 Å². The first-order valence-electron chi connectivity index (χ1n) is 25.4. The van der Waals surface area contributed by atoms with E-state index in [1.54, 1.807) is 0 Å². The topological polar surface area (TPSA) is 78.9 Å². The van der Waals surface area contributed by atoms with Gasteiger partial charge in [-0.05, 0) is 103 Å². The van der Waals surface area contributed by atoms with Crippen molar-refractivity contribution >= 4 is 17.9 Å². The molecule has 6 nitrogen and oxygen atoms in total. The fourth-order valence-corrected chi connectivity index (χ4v) is 6.59. The van der Waals surface area contributed by atoms with E-state index in [9.17, 15) is 14.4 Å². The van der Waals surface area contributed by atoms with Crippen LogP contribution < -0.4 is 0 Å². The predicted molar refractivity (Wildman–Crippen MR) is 270 cm³/mol. The second-order valence-electron chi connectivity index (χ2n) is 16.3. The van der Waals surface area contributed by atoms with E-state index < -0.39 is 6.10 Å². The first-order chi connectivity index (χ1) is 31.0. The summed E-state index contributed by atoms with van der Waals surface area (Å²) in [7, 11) is 0. The van der Waals surface area contributed by atoms with Crippen LogP contribution in [0.4, 0.5) is 0 Å². The Hall–Kier alpha value is -3.93. The van der Waals surface area contributed by atoms with Crippen molar-refractivity contribution in [1.82, 2.24) is 0 Å². The number of esters is 3. The third kappa shape index (κ3) is 49.0. The van der Waals surface area contributed by atoms with Crippen LogP contribution >= 0.6 is 0 Å². The summed E-state index contributed by atoms with van der Waals surface area (Å²) in [5.74, 6) is -0.951. The first kappa shape index (κ1) is 59.1. The zero-order valence-corrected chi connectivity index (χ0v) is 40.5. The number of hydrogen-bond donors (Lipinski definition) is 0. The fraction of sp³-hybridized carbons (Fsp3) is 0.632. The molecule has 356 valence electrons. The van der Waals surface area contributed by atoms with Crippen LogP contribution in [0.1, 0.15) is 213 Å². The molecule has 0 N–H and O–H groups in total. The van der Waals surface area contributed by atoms with E-state index >= 15 is 0 Å². The molecule has 0 aromatic rings. The highest BCUT2D eigenvalue weighted by molar-refractivity contribution is 5.71. The van der Waals surface area contributed by atoms with Gasteiger partial charge < -0.3 is 14.2 Å². The number of rotatable bonds is 44. The van der Waals surface area contributed by atoms with Crippen molar-refractivity contribution in [2.75, 3.05) is 13.2 Å². The van der Waals surface area contributed by atoms with Gasteiger partial charge in [0.1, 0.15) is 13.2 Å². The summed E-state index contributed by atoms with van der Waals surface area (Å²) in [6.45, 7) is 6.23. The maximum absolute atomic E-state index is 12.8. The zero-order valence-electron chi connectivity index (χ0n) is 40.5. The summed E-state index contributed by atoms with van der Waals surface area (Å²) in [5.41, 5.74) is 0. The molecule has 63 heavy (non-hydrogen) atoms. The van der Waals surface area contributed by atoms with Gasteiger partial charge >= 0.3 is 17.9 Å². The Bertz CT molecular complexity index is 1330. The van der Waals surface area contributed by atoms with E-state index in [2.05, 4.69) is 130 Å². The molecule has 1 atom stereocenters. The van der Waals surface area contributed by atoms with Crippen LogP contribution in [0.25, 0.3) is 0 Å². The number of allylic oxidation sites excluding steroid dienone is 18. The Morgan fingerprint density at radius 2 is 0.651 bits per heavy atom. The first-order valence-corrected chi connectivity index (χ1v) is 25.4. The van der Waals surface area contributed by atoms with Gasteiger partial charge in [-0.25, -0.2) is 0 Å². The van der Waals surface area contributed by atoms with Crippen LogP contribution in [0.5, 0.6) is 0 Å². The normalized spacial score (nSPS) is 13.0. The number of ether oxygens (including phenoxy) is 3. The average Bonchev–Trinajstić information content (AvgIpc) is 3.28. The maximum Gasteiger partial charge on any atom is 0.306 e. The van der Waals surface area contributed by atoms with Crippen molar-refractivity contribution in [3.8, 4) is 0 Å². The molecule has 0 fully saturated rings. The van der Waals surface area contributed by atoms with Gasteiger partial charge in [0.05, 0.1) is 0 Å². The molecular formula is C57H92O6. The van der Waals surface area contributed by atoms with E-state index in [4.69, 9.17) is 14.2 Å². The molecule has 0 radical (unpaired) electrons. The van der Waals surface area contributed by atoms with E-state index in [0.29, 0.717) is 19.3 Å². The standard InChI is InChI=1S/C57H92O6/c1-4-7-10-13-16-19-22-25-27-29-32-35-38-41-44-47-50-56(59)62-53-54(52-61-55(58)49-46-43-40-37-34-31-24-21-18-15-12-9-6-3)63-57(60)51-48-45-42-39-36-33-30-28-26-23-20-17-14-11-8-5-2/h7-12,15-21,24-28,54H,4-6,13-14,22-23,29-53H2,1-3H3/b10-7-,11-8-,12-9-,18-15-,19-16-,20-17-,24-21-,27-25-,28-26-. The number of carbonyl (C=O) groups is 3. The molecule has 6 heteroatoms. The minimum absolute atomic E-state index is 0.0994. The molecule has 0 aliphatic rings. The van der Waals surface area contributed by atoms with Gasteiger partial charge in [0, 0.05) is 19.3 Å². The van der Waals surface area contributed by atoms with Crippen molar-refractivity contribution in [3.05, 3.63) is 109 Å². The average molecular weight is 873 g/mol. The van der Waals surface area contributed by atoms with Crippen molar-refractivity contribution in [2.24, 2.45) is 0 Å². The van der Waals surface area contributed by atoms with Crippen molar-refractivity contribution < 1.29 is 28.6 Å². The maximum atomic E-state index is 12.8. The van der Waals surface area contributed by atoms with Crippen LogP contribution in [0, 0.1) is 0 Å². The minimum Gasteiger partial charge on any atom is -0.462 e. The Balaban J connectivity index is 4.47. The second-order valence-corrected chi connectivity index (χ2v) is 16.3. The molecular weight excluding hydrogens is 781 g/mol. The molecule has 0 aromatic carbocycles. The predicted octanol–water partition coefficient (Wildman–Crippen LogP) is 16.8.